The molecule has 0 radical (unpaired) electrons. The van der Waals surface area contributed by atoms with E-state index >= 15 is 0 Å². The summed E-state index contributed by atoms with van der Waals surface area (Å²) in [7, 11) is 0. The van der Waals surface area contributed by atoms with Crippen molar-refractivity contribution in [3.05, 3.63) is 35.9 Å². The van der Waals surface area contributed by atoms with Crippen molar-refractivity contribution in [2.24, 2.45) is 0 Å². The van der Waals surface area contributed by atoms with Gasteiger partial charge in [-0.05, 0) is 23.8 Å². The van der Waals surface area contributed by atoms with Gasteiger partial charge in [0, 0.05) is 6.08 Å². The summed E-state index contributed by atoms with van der Waals surface area (Å²) in [6, 6.07) is 6.88. The molecule has 0 amide bonds. The van der Waals surface area contributed by atoms with E-state index in [4.69, 9.17) is 9.84 Å². The minimum atomic E-state index is -0.990. The van der Waals surface area contributed by atoms with Crippen LogP contribution in [0.1, 0.15) is 5.56 Å². The van der Waals surface area contributed by atoms with Crippen molar-refractivity contribution in [3.8, 4) is 5.75 Å². The van der Waals surface area contributed by atoms with Crippen LogP contribution in [0.3, 0.4) is 0 Å². The molecule has 5 nitrogen and oxygen atoms in total. The van der Waals surface area contributed by atoms with Crippen molar-refractivity contribution in [1.29, 1.82) is 0 Å². The van der Waals surface area contributed by atoms with Gasteiger partial charge in [-0.15, -0.1) is 0 Å². The highest BCUT2D eigenvalue weighted by Crippen LogP contribution is 2.12. The fraction of sp³-hybridized carbons (Fsp3) is 0.167. The molecule has 0 spiro atoms. The van der Waals surface area contributed by atoms with Crippen LogP contribution < -0.4 is 4.74 Å². The van der Waals surface area contributed by atoms with Crippen LogP contribution in [0.2, 0.25) is 0 Å². The quantitative estimate of drug-likeness (QED) is 0.439. The second-order valence-corrected chi connectivity index (χ2v) is 3.06. The van der Waals surface area contributed by atoms with Gasteiger partial charge in [-0.2, -0.15) is 0 Å². The van der Waals surface area contributed by atoms with Crippen LogP contribution in [0.15, 0.2) is 30.3 Å². The summed E-state index contributed by atoms with van der Waals surface area (Å²) in [6.07, 6.45) is 2.55. The molecule has 1 N–H and O–H groups in total. The van der Waals surface area contributed by atoms with Crippen LogP contribution >= 0.6 is 0 Å². The Bertz CT molecular complexity index is 394. The maximum Gasteiger partial charge on any atom is 0.328 e. The van der Waals surface area contributed by atoms with E-state index in [0.717, 1.165) is 11.6 Å². The molecule has 0 aromatic heterocycles. The van der Waals surface area contributed by atoms with Crippen molar-refractivity contribution >= 4 is 18.5 Å². The normalized spacial score (nSPS) is 10.1. The van der Waals surface area contributed by atoms with Gasteiger partial charge in [0.2, 0.25) is 0 Å². The fourth-order valence-electron chi connectivity index (χ4n) is 1.10. The molecular weight excluding hydrogens is 224 g/mol. The minimum absolute atomic E-state index is 0.199. The summed E-state index contributed by atoms with van der Waals surface area (Å²) in [6.45, 7) is 0.844. The molecule has 0 fully saturated rings. The molecular formula is C12H12O5. The molecule has 0 heterocycles. The molecule has 0 aliphatic heterocycles. The maximum atomic E-state index is 10.3. The molecule has 0 unspecified atom stereocenters. The Morgan fingerprint density at radius 1 is 1.24 bits per heavy atom. The van der Waals surface area contributed by atoms with Gasteiger partial charge < -0.3 is 14.6 Å². The lowest BCUT2D eigenvalue weighted by atomic mass is 10.2. The predicted molar refractivity (Wildman–Crippen MR) is 60.6 cm³/mol. The molecule has 0 aliphatic rings. The molecule has 0 atom stereocenters. The van der Waals surface area contributed by atoms with Crippen molar-refractivity contribution in [3.63, 3.8) is 0 Å². The smallest absolute Gasteiger partial charge is 0.328 e. The Kier molecular flexibility index (Phi) is 5.30. The first-order valence-electron chi connectivity index (χ1n) is 4.91. The summed E-state index contributed by atoms with van der Waals surface area (Å²) in [5, 5.41) is 8.44. The van der Waals surface area contributed by atoms with Gasteiger partial charge in [-0.1, -0.05) is 12.1 Å². The number of hydrogen-bond donors (Lipinski definition) is 1. The SMILES string of the molecule is O=COCCOc1ccc(/C=C/C(=O)O)cc1. The zero-order valence-electron chi connectivity index (χ0n) is 9.04. The van der Waals surface area contributed by atoms with E-state index in [1.807, 2.05) is 0 Å². The summed E-state index contributed by atoms with van der Waals surface area (Å²) in [4.78, 5) is 20.1. The predicted octanol–water partition coefficient (Wildman–Crippen LogP) is 1.34. The average molecular weight is 236 g/mol. The first kappa shape index (κ1) is 12.8. The van der Waals surface area contributed by atoms with E-state index in [9.17, 15) is 9.59 Å². The van der Waals surface area contributed by atoms with Crippen molar-refractivity contribution in [2.45, 2.75) is 0 Å². The third-order valence-corrected chi connectivity index (χ3v) is 1.84. The molecule has 0 saturated carbocycles. The summed E-state index contributed by atoms with van der Waals surface area (Å²) in [5.41, 5.74) is 0.767. The zero-order chi connectivity index (χ0) is 12.5. The second-order valence-electron chi connectivity index (χ2n) is 3.06. The van der Waals surface area contributed by atoms with E-state index in [1.54, 1.807) is 24.3 Å². The molecule has 0 saturated heterocycles. The highest BCUT2D eigenvalue weighted by molar-refractivity contribution is 5.85. The van der Waals surface area contributed by atoms with Gasteiger partial charge >= 0.3 is 5.97 Å². The van der Waals surface area contributed by atoms with Crippen molar-refractivity contribution in [2.75, 3.05) is 13.2 Å². The zero-order valence-corrected chi connectivity index (χ0v) is 9.04. The monoisotopic (exact) mass is 236 g/mol. The summed E-state index contributed by atoms with van der Waals surface area (Å²) < 4.78 is 9.73. The Hall–Kier alpha value is -2.30. The maximum absolute atomic E-state index is 10.3. The topological polar surface area (TPSA) is 72.8 Å². The number of carbonyl (C=O) groups excluding carboxylic acids is 1. The first-order chi connectivity index (χ1) is 8.22. The third kappa shape index (κ3) is 5.36. The second kappa shape index (κ2) is 7.05. The van der Waals surface area contributed by atoms with Crippen LogP contribution in [0, 0.1) is 0 Å². The van der Waals surface area contributed by atoms with E-state index in [-0.39, 0.29) is 13.2 Å². The van der Waals surface area contributed by atoms with Crippen LogP contribution in [0.25, 0.3) is 6.08 Å². The third-order valence-electron chi connectivity index (χ3n) is 1.84. The number of benzene rings is 1. The number of carbonyl (C=O) groups is 2. The van der Waals surface area contributed by atoms with Gasteiger partial charge in [-0.3, -0.25) is 4.79 Å². The Labute approximate surface area is 98.3 Å². The molecule has 0 bridgehead atoms. The average Bonchev–Trinajstić information content (AvgIpc) is 2.33. The Morgan fingerprint density at radius 2 is 1.94 bits per heavy atom. The van der Waals surface area contributed by atoms with Gasteiger partial charge in [0.05, 0.1) is 0 Å². The molecule has 1 rings (SSSR count). The molecule has 1 aromatic carbocycles. The van der Waals surface area contributed by atoms with E-state index in [1.165, 1.54) is 6.08 Å². The number of hydrogen-bond acceptors (Lipinski definition) is 4. The fourth-order valence-corrected chi connectivity index (χ4v) is 1.10. The highest BCUT2D eigenvalue weighted by atomic mass is 16.5. The van der Waals surface area contributed by atoms with E-state index < -0.39 is 5.97 Å². The van der Waals surface area contributed by atoms with Crippen molar-refractivity contribution in [1.82, 2.24) is 0 Å². The molecule has 1 aromatic rings. The number of aliphatic carboxylic acids is 1. The lowest BCUT2D eigenvalue weighted by Gasteiger charge is -2.05. The number of ether oxygens (including phenoxy) is 2. The summed E-state index contributed by atoms with van der Waals surface area (Å²) >= 11 is 0. The lowest BCUT2D eigenvalue weighted by molar-refractivity contribution is -0.131. The number of carboxylic acids is 1. The standard InChI is InChI=1S/C12H12O5/c13-9-16-7-8-17-11-4-1-10(2-5-11)3-6-12(14)15/h1-6,9H,7-8H2,(H,14,15)/b6-3+. The van der Waals surface area contributed by atoms with Crippen LogP contribution in [-0.4, -0.2) is 30.8 Å². The van der Waals surface area contributed by atoms with Crippen LogP contribution in [-0.2, 0) is 14.3 Å². The molecule has 90 valence electrons. The summed E-state index contributed by atoms with van der Waals surface area (Å²) in [5.74, 6) is -0.358. The van der Waals surface area contributed by atoms with Gasteiger partial charge in [0.1, 0.15) is 19.0 Å². The highest BCUT2D eigenvalue weighted by Gasteiger charge is 1.94. The van der Waals surface area contributed by atoms with Gasteiger partial charge in [-0.25, -0.2) is 4.79 Å². The van der Waals surface area contributed by atoms with Crippen LogP contribution in [0.5, 0.6) is 5.75 Å². The largest absolute Gasteiger partial charge is 0.490 e. The molecule has 17 heavy (non-hydrogen) atoms. The lowest BCUT2D eigenvalue weighted by Crippen LogP contribution is -2.05. The molecule has 5 heteroatoms. The van der Waals surface area contributed by atoms with Gasteiger partial charge in [0.15, 0.2) is 0 Å². The van der Waals surface area contributed by atoms with Crippen LogP contribution in [0.4, 0.5) is 0 Å². The number of rotatable bonds is 7. The Morgan fingerprint density at radius 3 is 2.53 bits per heavy atom. The van der Waals surface area contributed by atoms with Gasteiger partial charge in [0.25, 0.3) is 6.47 Å². The first-order valence-corrected chi connectivity index (χ1v) is 4.91. The Balaban J connectivity index is 2.44. The number of carboxylic acid groups (broad SMARTS) is 1. The minimum Gasteiger partial charge on any atom is -0.490 e. The van der Waals surface area contributed by atoms with E-state index in [0.29, 0.717) is 12.2 Å². The van der Waals surface area contributed by atoms with E-state index in [2.05, 4.69) is 4.74 Å². The van der Waals surface area contributed by atoms with Crippen molar-refractivity contribution < 1.29 is 24.2 Å². The molecule has 0 aliphatic carbocycles.